The number of carbonyl (C=O) groups excluding carboxylic acids is 1. The molecule has 2 aromatic rings. The minimum Gasteiger partial charge on any atom is -0.493 e. The fourth-order valence-corrected chi connectivity index (χ4v) is 3.51. The highest BCUT2D eigenvalue weighted by atomic mass is 32.2. The molecule has 130 valence electrons. The fourth-order valence-electron chi connectivity index (χ4n) is 2.78. The largest absolute Gasteiger partial charge is 0.493 e. The number of hydrogen-bond donors (Lipinski definition) is 1. The van der Waals surface area contributed by atoms with E-state index < -0.39 is 0 Å². The van der Waals surface area contributed by atoms with Crippen molar-refractivity contribution >= 4 is 23.5 Å². The third-order valence-electron chi connectivity index (χ3n) is 4.29. The summed E-state index contributed by atoms with van der Waals surface area (Å²) in [5.74, 6) is 2.49. The van der Waals surface area contributed by atoms with Gasteiger partial charge < -0.3 is 10.1 Å². The van der Waals surface area contributed by atoms with Crippen LogP contribution >= 0.6 is 11.8 Å². The topological polar surface area (TPSA) is 73.2 Å². The molecule has 1 fully saturated rings. The Balaban J connectivity index is 1.69. The molecule has 0 bridgehead atoms. The zero-order valence-electron chi connectivity index (χ0n) is 13.9. The number of rotatable bonds is 6. The lowest BCUT2D eigenvalue weighted by molar-refractivity contribution is -0.115. The number of nitrogens with one attached hydrogen (secondary N) is 1. The second-order valence-electron chi connectivity index (χ2n) is 6.27. The molecular weight excluding hydrogens is 338 g/mol. The van der Waals surface area contributed by atoms with Gasteiger partial charge >= 0.3 is 0 Å². The van der Waals surface area contributed by atoms with Crippen LogP contribution in [0.4, 0.5) is 5.82 Å². The number of thioether (sulfide) groups is 1. The fraction of sp³-hybridized carbons (Fsp3) is 0.389. The van der Waals surface area contributed by atoms with Gasteiger partial charge in [0.2, 0.25) is 5.91 Å². The number of hydrogen-bond acceptors (Lipinski definition) is 5. The van der Waals surface area contributed by atoms with Crippen LogP contribution < -0.4 is 15.6 Å². The summed E-state index contributed by atoms with van der Waals surface area (Å²) in [6.45, 7) is 2.76. The third kappa shape index (κ3) is 3.28. The van der Waals surface area contributed by atoms with E-state index in [1.54, 1.807) is 4.57 Å². The lowest BCUT2D eigenvalue weighted by Crippen LogP contribution is -2.24. The van der Waals surface area contributed by atoms with Crippen LogP contribution in [0.25, 0.3) is 5.69 Å². The van der Waals surface area contributed by atoms with E-state index in [-0.39, 0.29) is 17.9 Å². The summed E-state index contributed by atoms with van der Waals surface area (Å²) in [4.78, 5) is 29.0. The van der Waals surface area contributed by atoms with Crippen molar-refractivity contribution in [1.82, 2.24) is 9.55 Å². The van der Waals surface area contributed by atoms with Gasteiger partial charge in [-0.05, 0) is 48.8 Å². The van der Waals surface area contributed by atoms with E-state index in [9.17, 15) is 9.59 Å². The van der Waals surface area contributed by atoms with E-state index in [2.05, 4.69) is 10.3 Å². The highest BCUT2D eigenvalue weighted by Crippen LogP contribution is 2.30. The van der Waals surface area contributed by atoms with Crippen molar-refractivity contribution in [3.63, 3.8) is 0 Å². The Labute approximate surface area is 149 Å². The van der Waals surface area contributed by atoms with Crippen LogP contribution in [0.15, 0.2) is 34.2 Å². The molecule has 4 rings (SSSR count). The molecule has 0 unspecified atom stereocenters. The van der Waals surface area contributed by atoms with Crippen molar-refractivity contribution in [2.75, 3.05) is 17.7 Å². The van der Waals surface area contributed by atoms with E-state index in [0.717, 1.165) is 23.8 Å². The molecule has 1 saturated carbocycles. The smallest absolute Gasteiger partial charge is 0.264 e. The van der Waals surface area contributed by atoms with Crippen molar-refractivity contribution in [2.24, 2.45) is 5.92 Å². The molecular formula is C18H19N3O3S. The standard InChI is InChI=1S/C18H19N3O3S/c1-2-25-18-20-16-14(9-15(22)19-16)17(23)21(18)12-5-7-13(8-6-12)24-10-11-3-4-11/h5-8,11H,2-4,9-10H2,1H3,(H,19,22). The van der Waals surface area contributed by atoms with Crippen molar-refractivity contribution in [1.29, 1.82) is 0 Å². The first-order valence-electron chi connectivity index (χ1n) is 8.47. The van der Waals surface area contributed by atoms with Crippen LogP contribution in [-0.2, 0) is 11.2 Å². The molecule has 7 heteroatoms. The first-order chi connectivity index (χ1) is 12.2. The van der Waals surface area contributed by atoms with Gasteiger partial charge in [-0.1, -0.05) is 18.7 Å². The number of amides is 1. The molecule has 2 heterocycles. The Morgan fingerprint density at radius 2 is 2.04 bits per heavy atom. The number of anilines is 1. The van der Waals surface area contributed by atoms with Crippen LogP contribution in [0.1, 0.15) is 25.3 Å². The summed E-state index contributed by atoms with van der Waals surface area (Å²) in [7, 11) is 0. The number of carbonyl (C=O) groups is 1. The zero-order valence-corrected chi connectivity index (χ0v) is 14.8. The Bertz CT molecular complexity index is 872. The van der Waals surface area contributed by atoms with Gasteiger partial charge in [-0.2, -0.15) is 0 Å². The van der Waals surface area contributed by atoms with Gasteiger partial charge in [-0.3, -0.25) is 14.2 Å². The summed E-state index contributed by atoms with van der Waals surface area (Å²) in [5, 5.41) is 3.24. The second-order valence-corrected chi connectivity index (χ2v) is 7.50. The van der Waals surface area contributed by atoms with Crippen molar-refractivity contribution < 1.29 is 9.53 Å². The minimum absolute atomic E-state index is 0.0841. The molecule has 25 heavy (non-hydrogen) atoms. The van der Waals surface area contributed by atoms with Crippen LogP contribution in [0.3, 0.4) is 0 Å². The van der Waals surface area contributed by atoms with Gasteiger partial charge in [0.15, 0.2) is 5.16 Å². The minimum atomic E-state index is -0.189. The van der Waals surface area contributed by atoms with Crippen molar-refractivity contribution in [3.8, 4) is 11.4 Å². The Kier molecular flexibility index (Phi) is 4.25. The molecule has 1 amide bonds. The molecule has 0 atom stereocenters. The number of benzene rings is 1. The first kappa shape index (κ1) is 16.2. The lowest BCUT2D eigenvalue weighted by atomic mass is 10.2. The molecule has 6 nitrogen and oxygen atoms in total. The normalized spacial score (nSPS) is 15.8. The predicted molar refractivity (Wildman–Crippen MR) is 96.8 cm³/mol. The molecule has 0 saturated heterocycles. The maximum atomic E-state index is 12.9. The van der Waals surface area contributed by atoms with Crippen molar-refractivity contribution in [3.05, 3.63) is 40.2 Å². The zero-order chi connectivity index (χ0) is 17.4. The Morgan fingerprint density at radius 3 is 2.72 bits per heavy atom. The van der Waals surface area contributed by atoms with Gasteiger partial charge in [-0.15, -0.1) is 0 Å². The number of ether oxygens (including phenoxy) is 1. The van der Waals surface area contributed by atoms with Gasteiger partial charge in [0, 0.05) is 0 Å². The van der Waals surface area contributed by atoms with Gasteiger partial charge in [0.1, 0.15) is 11.6 Å². The van der Waals surface area contributed by atoms with Gasteiger partial charge in [0.25, 0.3) is 5.56 Å². The molecule has 1 aliphatic heterocycles. The average molecular weight is 357 g/mol. The van der Waals surface area contributed by atoms with Crippen LogP contribution in [-0.4, -0.2) is 27.8 Å². The Hall–Kier alpha value is -2.28. The first-order valence-corrected chi connectivity index (χ1v) is 9.46. The predicted octanol–water partition coefficient (Wildman–Crippen LogP) is 2.63. The monoisotopic (exact) mass is 357 g/mol. The number of aromatic nitrogens is 2. The SMILES string of the molecule is CCSc1nc2c(c(=O)n1-c1ccc(OCC3CC3)cc1)CC(=O)N2. The van der Waals surface area contributed by atoms with Crippen molar-refractivity contribution in [2.45, 2.75) is 31.3 Å². The number of nitrogens with zero attached hydrogens (tertiary/aromatic N) is 2. The molecule has 0 spiro atoms. The summed E-state index contributed by atoms with van der Waals surface area (Å²) < 4.78 is 7.34. The lowest BCUT2D eigenvalue weighted by Gasteiger charge is -2.13. The maximum Gasteiger partial charge on any atom is 0.264 e. The maximum absolute atomic E-state index is 12.9. The summed E-state index contributed by atoms with van der Waals surface area (Å²) in [6, 6.07) is 7.48. The average Bonchev–Trinajstić information content (AvgIpc) is 3.35. The van der Waals surface area contributed by atoms with E-state index in [1.807, 2.05) is 31.2 Å². The molecule has 0 radical (unpaired) electrons. The highest BCUT2D eigenvalue weighted by molar-refractivity contribution is 7.99. The molecule has 1 aromatic heterocycles. The van der Waals surface area contributed by atoms with Crippen LogP contribution in [0, 0.1) is 5.92 Å². The third-order valence-corrected chi connectivity index (χ3v) is 5.11. The quantitative estimate of drug-likeness (QED) is 0.635. The summed E-state index contributed by atoms with van der Waals surface area (Å²) >= 11 is 1.47. The van der Waals surface area contributed by atoms with E-state index in [4.69, 9.17) is 4.74 Å². The molecule has 1 aromatic carbocycles. The number of fused-ring (bicyclic) bond motifs is 1. The highest BCUT2D eigenvalue weighted by Gasteiger charge is 2.26. The van der Waals surface area contributed by atoms with Crippen LogP contribution in [0.5, 0.6) is 5.75 Å². The second kappa shape index (κ2) is 6.55. The summed E-state index contributed by atoms with van der Waals surface area (Å²) in [6.07, 6.45) is 2.58. The molecule has 2 aliphatic rings. The summed E-state index contributed by atoms with van der Waals surface area (Å²) in [5.41, 5.74) is 0.972. The molecule has 1 aliphatic carbocycles. The van der Waals surface area contributed by atoms with E-state index >= 15 is 0 Å². The molecule has 1 N–H and O–H groups in total. The van der Waals surface area contributed by atoms with E-state index in [1.165, 1.54) is 24.6 Å². The van der Waals surface area contributed by atoms with E-state index in [0.29, 0.717) is 22.5 Å². The van der Waals surface area contributed by atoms with Gasteiger partial charge in [0.05, 0.1) is 24.3 Å². The van der Waals surface area contributed by atoms with Crippen LogP contribution in [0.2, 0.25) is 0 Å². The Morgan fingerprint density at radius 1 is 1.28 bits per heavy atom. The van der Waals surface area contributed by atoms with Gasteiger partial charge in [-0.25, -0.2) is 4.98 Å².